The van der Waals surface area contributed by atoms with Crippen LogP contribution in [0, 0.1) is 5.92 Å². The number of anilines is 1. The van der Waals surface area contributed by atoms with Gasteiger partial charge in [-0.15, -0.1) is 0 Å². The molecule has 0 saturated carbocycles. The number of hydrogen-bond acceptors (Lipinski definition) is 4. The molecule has 1 saturated heterocycles. The average Bonchev–Trinajstić information content (AvgIpc) is 2.39. The Morgan fingerprint density at radius 2 is 2.17 bits per heavy atom. The van der Waals surface area contributed by atoms with Crippen LogP contribution in [0.5, 0.6) is 5.75 Å². The molecule has 1 fully saturated rings. The molecular formula is C13H18N2O3. The van der Waals surface area contributed by atoms with Crippen LogP contribution in [0.3, 0.4) is 0 Å². The minimum atomic E-state index is -0.531. The van der Waals surface area contributed by atoms with E-state index < -0.39 is 6.04 Å². The molecule has 1 aliphatic rings. The highest BCUT2D eigenvalue weighted by Gasteiger charge is 2.26. The van der Waals surface area contributed by atoms with E-state index in [-0.39, 0.29) is 17.6 Å². The molecule has 4 N–H and O–H groups in total. The van der Waals surface area contributed by atoms with Gasteiger partial charge in [-0.1, -0.05) is 6.07 Å². The lowest BCUT2D eigenvalue weighted by atomic mass is 9.92. The van der Waals surface area contributed by atoms with E-state index in [4.69, 9.17) is 10.5 Å². The zero-order valence-corrected chi connectivity index (χ0v) is 10.1. The zero-order valence-electron chi connectivity index (χ0n) is 10.1. The third-order valence-electron chi connectivity index (χ3n) is 3.19. The second kappa shape index (κ2) is 5.84. The number of benzene rings is 1. The Labute approximate surface area is 106 Å². The first kappa shape index (κ1) is 12.9. The summed E-state index contributed by atoms with van der Waals surface area (Å²) in [4.78, 5) is 12.0. The lowest BCUT2D eigenvalue weighted by Gasteiger charge is -2.26. The predicted octanol–water partition coefficient (Wildman–Crippen LogP) is 1.08. The molecule has 98 valence electrons. The fourth-order valence-corrected chi connectivity index (χ4v) is 2.10. The van der Waals surface area contributed by atoms with Gasteiger partial charge in [-0.25, -0.2) is 0 Å². The Kier molecular flexibility index (Phi) is 4.17. The molecule has 1 aromatic rings. The van der Waals surface area contributed by atoms with Gasteiger partial charge in [0.25, 0.3) is 0 Å². The fraction of sp³-hybridized carbons (Fsp3) is 0.462. The van der Waals surface area contributed by atoms with E-state index in [1.807, 2.05) is 0 Å². The lowest BCUT2D eigenvalue weighted by Crippen LogP contribution is -2.43. The first-order valence-corrected chi connectivity index (χ1v) is 6.10. The van der Waals surface area contributed by atoms with Crippen molar-refractivity contribution in [1.82, 2.24) is 0 Å². The van der Waals surface area contributed by atoms with Gasteiger partial charge in [0.1, 0.15) is 5.75 Å². The van der Waals surface area contributed by atoms with Crippen molar-refractivity contribution in [2.45, 2.75) is 18.9 Å². The van der Waals surface area contributed by atoms with E-state index in [0.717, 1.165) is 12.8 Å². The monoisotopic (exact) mass is 250 g/mol. The Morgan fingerprint density at radius 1 is 1.44 bits per heavy atom. The summed E-state index contributed by atoms with van der Waals surface area (Å²) >= 11 is 0. The number of rotatable bonds is 3. The van der Waals surface area contributed by atoms with Gasteiger partial charge in [0.05, 0.1) is 6.04 Å². The van der Waals surface area contributed by atoms with Crippen LogP contribution >= 0.6 is 0 Å². The molecule has 0 radical (unpaired) electrons. The quantitative estimate of drug-likeness (QED) is 0.749. The van der Waals surface area contributed by atoms with Crippen LogP contribution in [0.25, 0.3) is 0 Å². The largest absolute Gasteiger partial charge is 0.508 e. The van der Waals surface area contributed by atoms with Crippen LogP contribution in [-0.4, -0.2) is 30.3 Å². The molecule has 1 unspecified atom stereocenters. The Bertz CT molecular complexity index is 416. The Morgan fingerprint density at radius 3 is 2.83 bits per heavy atom. The van der Waals surface area contributed by atoms with E-state index >= 15 is 0 Å². The zero-order chi connectivity index (χ0) is 13.0. The van der Waals surface area contributed by atoms with Gasteiger partial charge in [0.2, 0.25) is 5.91 Å². The standard InChI is InChI=1S/C13H18N2O3/c14-12(9-4-6-18-7-5-9)13(17)15-10-2-1-3-11(16)8-10/h1-3,8-9,12,16H,4-7,14H2,(H,15,17). The number of ether oxygens (including phenoxy) is 1. The molecule has 1 aromatic carbocycles. The number of nitrogens with one attached hydrogen (secondary N) is 1. The van der Waals surface area contributed by atoms with E-state index in [0.29, 0.717) is 18.9 Å². The summed E-state index contributed by atoms with van der Waals surface area (Å²) in [5, 5.41) is 12.0. The summed E-state index contributed by atoms with van der Waals surface area (Å²) < 4.78 is 5.24. The van der Waals surface area contributed by atoms with Crippen LogP contribution in [-0.2, 0) is 9.53 Å². The summed E-state index contributed by atoms with van der Waals surface area (Å²) in [6.45, 7) is 1.33. The minimum Gasteiger partial charge on any atom is -0.508 e. The normalized spacial score (nSPS) is 18.3. The maximum atomic E-state index is 12.0. The van der Waals surface area contributed by atoms with Gasteiger partial charge < -0.3 is 20.9 Å². The highest BCUT2D eigenvalue weighted by Crippen LogP contribution is 2.20. The number of phenols is 1. The van der Waals surface area contributed by atoms with Gasteiger partial charge in [0, 0.05) is 25.0 Å². The number of aromatic hydroxyl groups is 1. The highest BCUT2D eigenvalue weighted by molar-refractivity contribution is 5.95. The average molecular weight is 250 g/mol. The molecule has 0 spiro atoms. The van der Waals surface area contributed by atoms with Crippen molar-refractivity contribution >= 4 is 11.6 Å². The van der Waals surface area contributed by atoms with Gasteiger partial charge >= 0.3 is 0 Å². The fourth-order valence-electron chi connectivity index (χ4n) is 2.10. The maximum Gasteiger partial charge on any atom is 0.241 e. The second-order valence-corrected chi connectivity index (χ2v) is 4.52. The van der Waals surface area contributed by atoms with Crippen LogP contribution < -0.4 is 11.1 Å². The van der Waals surface area contributed by atoms with Crippen molar-refractivity contribution in [3.05, 3.63) is 24.3 Å². The SMILES string of the molecule is NC(C(=O)Nc1cccc(O)c1)C1CCOCC1. The van der Waals surface area contributed by atoms with Crippen LogP contribution in [0.4, 0.5) is 5.69 Å². The van der Waals surface area contributed by atoms with Crippen LogP contribution in [0.2, 0.25) is 0 Å². The molecule has 0 aliphatic carbocycles. The molecule has 0 aromatic heterocycles. The van der Waals surface area contributed by atoms with Crippen molar-refractivity contribution in [3.8, 4) is 5.75 Å². The predicted molar refractivity (Wildman–Crippen MR) is 68.3 cm³/mol. The lowest BCUT2D eigenvalue weighted by molar-refractivity contribution is -0.119. The maximum absolute atomic E-state index is 12.0. The summed E-state index contributed by atoms with van der Waals surface area (Å²) in [5.74, 6) is 0.0657. The molecule has 1 aliphatic heterocycles. The molecular weight excluding hydrogens is 232 g/mol. The highest BCUT2D eigenvalue weighted by atomic mass is 16.5. The van der Waals surface area contributed by atoms with Crippen molar-refractivity contribution < 1.29 is 14.6 Å². The van der Waals surface area contributed by atoms with E-state index in [2.05, 4.69) is 5.32 Å². The molecule has 0 bridgehead atoms. The van der Waals surface area contributed by atoms with Crippen molar-refractivity contribution in [2.24, 2.45) is 11.7 Å². The van der Waals surface area contributed by atoms with Gasteiger partial charge in [-0.05, 0) is 30.9 Å². The molecule has 1 atom stereocenters. The first-order valence-electron chi connectivity index (χ1n) is 6.10. The van der Waals surface area contributed by atoms with E-state index in [9.17, 15) is 9.90 Å². The summed E-state index contributed by atoms with van der Waals surface area (Å²) in [7, 11) is 0. The van der Waals surface area contributed by atoms with E-state index in [1.54, 1.807) is 18.2 Å². The molecule has 18 heavy (non-hydrogen) atoms. The van der Waals surface area contributed by atoms with Crippen LogP contribution in [0.15, 0.2) is 24.3 Å². The van der Waals surface area contributed by atoms with Crippen molar-refractivity contribution in [1.29, 1.82) is 0 Å². The number of amides is 1. The Hall–Kier alpha value is -1.59. The second-order valence-electron chi connectivity index (χ2n) is 4.52. The summed E-state index contributed by atoms with van der Waals surface area (Å²) in [6.07, 6.45) is 1.63. The molecule has 1 heterocycles. The number of hydrogen-bond donors (Lipinski definition) is 3. The Balaban J connectivity index is 1.94. The number of phenolic OH excluding ortho intramolecular Hbond substituents is 1. The van der Waals surface area contributed by atoms with Gasteiger partial charge in [0.15, 0.2) is 0 Å². The third kappa shape index (κ3) is 3.21. The summed E-state index contributed by atoms with van der Waals surface area (Å²) in [6, 6.07) is 5.90. The van der Waals surface area contributed by atoms with Crippen molar-refractivity contribution in [2.75, 3.05) is 18.5 Å². The number of nitrogens with two attached hydrogens (primary N) is 1. The summed E-state index contributed by atoms with van der Waals surface area (Å²) in [5.41, 5.74) is 6.51. The van der Waals surface area contributed by atoms with Crippen LogP contribution in [0.1, 0.15) is 12.8 Å². The van der Waals surface area contributed by atoms with Gasteiger partial charge in [-0.3, -0.25) is 4.79 Å². The van der Waals surface area contributed by atoms with Crippen molar-refractivity contribution in [3.63, 3.8) is 0 Å². The first-order chi connectivity index (χ1) is 8.66. The molecule has 2 rings (SSSR count). The molecule has 5 nitrogen and oxygen atoms in total. The smallest absolute Gasteiger partial charge is 0.241 e. The molecule has 5 heteroatoms. The van der Waals surface area contributed by atoms with E-state index in [1.165, 1.54) is 6.07 Å². The molecule has 1 amide bonds. The third-order valence-corrected chi connectivity index (χ3v) is 3.19. The number of carbonyl (C=O) groups is 1. The van der Waals surface area contributed by atoms with Gasteiger partial charge in [-0.2, -0.15) is 0 Å². The topological polar surface area (TPSA) is 84.6 Å². The minimum absolute atomic E-state index is 0.118. The number of carbonyl (C=O) groups excluding carboxylic acids is 1.